The SMILES string of the molecule is FC(F)(F)c1nc(N2CCC(c3ccn[nH]3)CC2)c2[nH]cnc2n1. The van der Waals surface area contributed by atoms with E-state index in [0.29, 0.717) is 24.5 Å². The largest absolute Gasteiger partial charge is 0.451 e. The van der Waals surface area contributed by atoms with Gasteiger partial charge in [0.25, 0.3) is 0 Å². The van der Waals surface area contributed by atoms with Crippen molar-refractivity contribution in [2.45, 2.75) is 24.9 Å². The fraction of sp³-hybridized carbons (Fsp3) is 0.429. The van der Waals surface area contributed by atoms with Gasteiger partial charge in [-0.3, -0.25) is 5.10 Å². The summed E-state index contributed by atoms with van der Waals surface area (Å²) in [4.78, 5) is 15.8. The summed E-state index contributed by atoms with van der Waals surface area (Å²) < 4.78 is 39.1. The zero-order valence-corrected chi connectivity index (χ0v) is 12.5. The first-order chi connectivity index (χ1) is 11.5. The van der Waals surface area contributed by atoms with E-state index in [1.165, 1.54) is 6.33 Å². The van der Waals surface area contributed by atoms with Gasteiger partial charge in [0.2, 0.25) is 5.82 Å². The number of H-pyrrole nitrogens is 2. The molecule has 7 nitrogen and oxygen atoms in total. The number of imidazole rings is 1. The Morgan fingerprint density at radius 1 is 1.17 bits per heavy atom. The average Bonchev–Trinajstić information content (AvgIpc) is 3.24. The Bertz CT molecular complexity index is 832. The van der Waals surface area contributed by atoms with Gasteiger partial charge in [-0.1, -0.05) is 0 Å². The lowest BCUT2D eigenvalue weighted by Gasteiger charge is -2.32. The van der Waals surface area contributed by atoms with Crippen molar-refractivity contribution in [1.82, 2.24) is 30.1 Å². The predicted molar refractivity (Wildman–Crippen MR) is 79.5 cm³/mol. The fourth-order valence-electron chi connectivity index (χ4n) is 3.07. The number of nitrogens with zero attached hydrogens (tertiary/aromatic N) is 5. The van der Waals surface area contributed by atoms with E-state index >= 15 is 0 Å². The van der Waals surface area contributed by atoms with Crippen LogP contribution in [-0.4, -0.2) is 43.2 Å². The molecule has 0 bridgehead atoms. The van der Waals surface area contributed by atoms with Crippen LogP contribution in [0.5, 0.6) is 0 Å². The minimum Gasteiger partial charge on any atom is -0.355 e. The third-order valence-corrected chi connectivity index (χ3v) is 4.28. The molecular weight excluding hydrogens is 323 g/mol. The second-order valence-corrected chi connectivity index (χ2v) is 5.74. The molecule has 24 heavy (non-hydrogen) atoms. The first-order valence-electron chi connectivity index (χ1n) is 7.55. The Balaban J connectivity index is 1.63. The van der Waals surface area contributed by atoms with E-state index in [-0.39, 0.29) is 11.5 Å². The molecule has 126 valence electrons. The third kappa shape index (κ3) is 2.57. The third-order valence-electron chi connectivity index (χ3n) is 4.28. The summed E-state index contributed by atoms with van der Waals surface area (Å²) >= 11 is 0. The van der Waals surface area contributed by atoms with Crippen molar-refractivity contribution in [1.29, 1.82) is 0 Å². The Kier molecular flexibility index (Phi) is 3.39. The highest BCUT2D eigenvalue weighted by atomic mass is 19.4. The van der Waals surface area contributed by atoms with Crippen LogP contribution in [-0.2, 0) is 6.18 Å². The molecule has 3 aromatic heterocycles. The summed E-state index contributed by atoms with van der Waals surface area (Å²) in [7, 11) is 0. The molecule has 0 unspecified atom stereocenters. The molecule has 0 atom stereocenters. The lowest BCUT2D eigenvalue weighted by atomic mass is 9.94. The number of rotatable bonds is 2. The number of aromatic amines is 2. The van der Waals surface area contributed by atoms with E-state index in [2.05, 4.69) is 30.1 Å². The monoisotopic (exact) mass is 337 g/mol. The number of nitrogens with one attached hydrogen (secondary N) is 2. The van der Waals surface area contributed by atoms with E-state index in [9.17, 15) is 13.2 Å². The Hall–Kier alpha value is -2.65. The Labute approximate surface area is 134 Å². The fourth-order valence-corrected chi connectivity index (χ4v) is 3.07. The maximum absolute atomic E-state index is 13.0. The first-order valence-corrected chi connectivity index (χ1v) is 7.55. The van der Waals surface area contributed by atoms with Gasteiger partial charge in [-0.25, -0.2) is 15.0 Å². The standard InChI is InChI=1S/C14H14F3N7/c15-14(16,17)13-21-11-10(18-7-19-11)12(22-13)24-5-2-8(3-6-24)9-1-4-20-23-9/h1,4,7-8H,2-3,5-6H2,(H,20,23)(H,18,19,21,22). The van der Waals surface area contributed by atoms with E-state index in [4.69, 9.17) is 0 Å². The van der Waals surface area contributed by atoms with Crippen molar-refractivity contribution in [3.05, 3.63) is 30.1 Å². The maximum atomic E-state index is 13.0. The van der Waals surface area contributed by atoms with Crippen LogP contribution < -0.4 is 4.90 Å². The van der Waals surface area contributed by atoms with Crippen LogP contribution in [0, 0.1) is 0 Å². The minimum absolute atomic E-state index is 0.0306. The smallest absolute Gasteiger partial charge is 0.355 e. The topological polar surface area (TPSA) is 86.4 Å². The molecule has 2 N–H and O–H groups in total. The summed E-state index contributed by atoms with van der Waals surface area (Å²) in [5.41, 5.74) is 1.52. The molecule has 1 aliphatic rings. The molecule has 1 fully saturated rings. The van der Waals surface area contributed by atoms with Gasteiger partial charge >= 0.3 is 6.18 Å². The molecular formula is C14H14F3N7. The second-order valence-electron chi connectivity index (χ2n) is 5.74. The number of piperidine rings is 1. The second kappa shape index (κ2) is 5.46. The van der Waals surface area contributed by atoms with Crippen LogP contribution in [0.25, 0.3) is 11.2 Å². The molecule has 3 aromatic rings. The Morgan fingerprint density at radius 3 is 2.62 bits per heavy atom. The lowest BCUT2D eigenvalue weighted by Crippen LogP contribution is -2.34. The van der Waals surface area contributed by atoms with Gasteiger partial charge in [0.1, 0.15) is 5.52 Å². The Morgan fingerprint density at radius 2 is 1.96 bits per heavy atom. The maximum Gasteiger partial charge on any atom is 0.451 e. The number of halogens is 3. The summed E-state index contributed by atoms with van der Waals surface area (Å²) in [6.07, 6.45) is 0.0543. The van der Waals surface area contributed by atoms with Gasteiger partial charge in [0.15, 0.2) is 11.5 Å². The van der Waals surface area contributed by atoms with Crippen LogP contribution in [0.15, 0.2) is 18.6 Å². The number of anilines is 1. The summed E-state index contributed by atoms with van der Waals surface area (Å²) in [6, 6.07) is 1.93. The molecule has 0 radical (unpaired) electrons. The number of fused-ring (bicyclic) bond motifs is 1. The highest BCUT2D eigenvalue weighted by molar-refractivity contribution is 5.83. The number of hydrogen-bond donors (Lipinski definition) is 2. The number of aromatic nitrogens is 6. The van der Waals surface area contributed by atoms with Gasteiger partial charge in [-0.05, 0) is 18.9 Å². The number of alkyl halides is 3. The van der Waals surface area contributed by atoms with Gasteiger partial charge in [0, 0.05) is 30.9 Å². The van der Waals surface area contributed by atoms with E-state index in [1.54, 1.807) is 6.20 Å². The van der Waals surface area contributed by atoms with Crippen molar-refractivity contribution in [3.8, 4) is 0 Å². The minimum atomic E-state index is -4.60. The van der Waals surface area contributed by atoms with Crippen LogP contribution in [0.3, 0.4) is 0 Å². The lowest BCUT2D eigenvalue weighted by molar-refractivity contribution is -0.144. The molecule has 0 aliphatic carbocycles. The van der Waals surface area contributed by atoms with Crippen LogP contribution in [0.1, 0.15) is 30.3 Å². The van der Waals surface area contributed by atoms with Crippen molar-refractivity contribution < 1.29 is 13.2 Å². The van der Waals surface area contributed by atoms with E-state index in [1.807, 2.05) is 11.0 Å². The normalized spacial score (nSPS) is 16.9. The quantitative estimate of drug-likeness (QED) is 0.750. The molecule has 1 aliphatic heterocycles. The van der Waals surface area contributed by atoms with E-state index in [0.717, 1.165) is 18.5 Å². The number of hydrogen-bond acceptors (Lipinski definition) is 5. The molecule has 1 saturated heterocycles. The van der Waals surface area contributed by atoms with Crippen molar-refractivity contribution in [2.24, 2.45) is 0 Å². The summed E-state index contributed by atoms with van der Waals surface area (Å²) in [5, 5.41) is 6.91. The molecule has 10 heteroatoms. The zero-order valence-electron chi connectivity index (χ0n) is 12.5. The van der Waals surface area contributed by atoms with E-state index < -0.39 is 12.0 Å². The highest BCUT2D eigenvalue weighted by Gasteiger charge is 2.37. The summed E-state index contributed by atoms with van der Waals surface area (Å²) in [5.74, 6) is -0.578. The average molecular weight is 337 g/mol. The van der Waals surface area contributed by atoms with Gasteiger partial charge < -0.3 is 9.88 Å². The predicted octanol–water partition coefficient (Wildman–Crippen LogP) is 2.48. The molecule has 4 rings (SSSR count). The van der Waals surface area contributed by atoms with Crippen molar-refractivity contribution >= 4 is 17.0 Å². The van der Waals surface area contributed by atoms with Crippen LogP contribution >= 0.6 is 0 Å². The molecule has 0 amide bonds. The molecule has 0 spiro atoms. The van der Waals surface area contributed by atoms with Gasteiger partial charge in [-0.2, -0.15) is 18.3 Å². The zero-order chi connectivity index (χ0) is 16.7. The summed E-state index contributed by atoms with van der Waals surface area (Å²) in [6.45, 7) is 1.21. The molecule has 0 saturated carbocycles. The molecule has 4 heterocycles. The van der Waals surface area contributed by atoms with Crippen molar-refractivity contribution in [2.75, 3.05) is 18.0 Å². The van der Waals surface area contributed by atoms with Gasteiger partial charge in [-0.15, -0.1) is 0 Å². The first kappa shape index (κ1) is 14.9. The van der Waals surface area contributed by atoms with Crippen molar-refractivity contribution in [3.63, 3.8) is 0 Å². The molecule has 0 aromatic carbocycles. The highest BCUT2D eigenvalue weighted by Crippen LogP contribution is 2.33. The van der Waals surface area contributed by atoms with Gasteiger partial charge in [0.05, 0.1) is 6.33 Å². The van der Waals surface area contributed by atoms with Crippen LogP contribution in [0.4, 0.5) is 19.0 Å². The van der Waals surface area contributed by atoms with Crippen LogP contribution in [0.2, 0.25) is 0 Å².